The van der Waals surface area contributed by atoms with Gasteiger partial charge < -0.3 is 20.1 Å². The molecule has 142 valence electrons. The minimum Gasteiger partial charge on any atom is -0.394 e. The second-order valence-electron chi connectivity index (χ2n) is 8.61. The van der Waals surface area contributed by atoms with E-state index < -0.39 is 6.10 Å². The molecule has 3 heterocycles. The number of rotatable bonds is 3. The maximum Gasteiger partial charge on any atom is 0.112 e. The molecule has 0 saturated carbocycles. The summed E-state index contributed by atoms with van der Waals surface area (Å²) in [6.45, 7) is 5.56. The predicted molar refractivity (Wildman–Crippen MR) is 106 cm³/mol. The Kier molecular flexibility index (Phi) is 3.64. The van der Waals surface area contributed by atoms with Gasteiger partial charge in [0.2, 0.25) is 0 Å². The molecular formula is C21H26N4O2. The maximum absolute atomic E-state index is 9.99. The summed E-state index contributed by atoms with van der Waals surface area (Å²) in [5, 5.41) is 28.0. The van der Waals surface area contributed by atoms with Crippen molar-refractivity contribution in [2.45, 2.75) is 44.6 Å². The smallest absolute Gasteiger partial charge is 0.112 e. The van der Waals surface area contributed by atoms with Crippen LogP contribution in [-0.4, -0.2) is 51.2 Å². The first-order valence-electron chi connectivity index (χ1n) is 9.74. The number of hydrogen-bond donors (Lipinski definition) is 4. The Morgan fingerprint density at radius 3 is 2.96 bits per heavy atom. The van der Waals surface area contributed by atoms with Crippen LogP contribution in [0.1, 0.15) is 37.0 Å². The van der Waals surface area contributed by atoms with Crippen molar-refractivity contribution in [3.63, 3.8) is 0 Å². The third kappa shape index (κ3) is 2.51. The number of anilines is 1. The number of H-pyrrole nitrogens is 2. The van der Waals surface area contributed by atoms with Gasteiger partial charge in [-0.3, -0.25) is 5.10 Å². The van der Waals surface area contributed by atoms with E-state index in [1.54, 1.807) is 0 Å². The van der Waals surface area contributed by atoms with E-state index in [4.69, 9.17) is 0 Å². The van der Waals surface area contributed by atoms with Crippen LogP contribution < -0.4 is 4.90 Å². The summed E-state index contributed by atoms with van der Waals surface area (Å²) in [7, 11) is 0. The average molecular weight is 366 g/mol. The van der Waals surface area contributed by atoms with Gasteiger partial charge in [-0.25, -0.2) is 0 Å². The lowest BCUT2D eigenvalue weighted by molar-refractivity contribution is 0.0997. The normalized spacial score (nSPS) is 18.9. The van der Waals surface area contributed by atoms with Crippen LogP contribution in [0.2, 0.25) is 0 Å². The van der Waals surface area contributed by atoms with Crippen molar-refractivity contribution in [3.8, 4) is 11.4 Å². The Morgan fingerprint density at radius 1 is 1.30 bits per heavy atom. The molecule has 27 heavy (non-hydrogen) atoms. The van der Waals surface area contributed by atoms with E-state index in [1.165, 1.54) is 27.8 Å². The molecule has 4 N–H and O–H groups in total. The number of β-amino-alcohol motifs (C(OH)–C–C–N with tert-alkyl or cyclic N) is 1. The van der Waals surface area contributed by atoms with Crippen molar-refractivity contribution in [1.82, 2.24) is 15.2 Å². The molecule has 1 aliphatic heterocycles. The summed E-state index contributed by atoms with van der Waals surface area (Å²) in [5.41, 5.74) is 8.43. The molecular weight excluding hydrogens is 340 g/mol. The van der Waals surface area contributed by atoms with Crippen LogP contribution in [0.4, 0.5) is 5.69 Å². The van der Waals surface area contributed by atoms with Gasteiger partial charge in [0.25, 0.3) is 0 Å². The lowest BCUT2D eigenvalue weighted by Crippen LogP contribution is -2.36. The summed E-state index contributed by atoms with van der Waals surface area (Å²) >= 11 is 0. The van der Waals surface area contributed by atoms with Gasteiger partial charge >= 0.3 is 0 Å². The molecule has 3 aromatic rings. The monoisotopic (exact) mass is 366 g/mol. The van der Waals surface area contributed by atoms with E-state index in [0.29, 0.717) is 6.54 Å². The van der Waals surface area contributed by atoms with Gasteiger partial charge in [0.15, 0.2) is 0 Å². The van der Waals surface area contributed by atoms with Crippen molar-refractivity contribution >= 4 is 16.6 Å². The number of hydrogen-bond acceptors (Lipinski definition) is 4. The van der Waals surface area contributed by atoms with Gasteiger partial charge in [0, 0.05) is 41.3 Å². The number of aliphatic hydroxyl groups excluding tert-OH is 2. The van der Waals surface area contributed by atoms with E-state index in [9.17, 15) is 10.2 Å². The van der Waals surface area contributed by atoms with Crippen LogP contribution in [0.3, 0.4) is 0 Å². The molecule has 0 bridgehead atoms. The second-order valence-corrected chi connectivity index (χ2v) is 8.61. The number of nitrogens with zero attached hydrogens (tertiary/aromatic N) is 2. The highest BCUT2D eigenvalue weighted by atomic mass is 16.3. The fourth-order valence-corrected chi connectivity index (χ4v) is 4.85. The van der Waals surface area contributed by atoms with Gasteiger partial charge in [-0.1, -0.05) is 13.8 Å². The number of nitrogens with one attached hydrogen (secondary N) is 2. The second kappa shape index (κ2) is 5.84. The maximum atomic E-state index is 9.99. The van der Waals surface area contributed by atoms with Gasteiger partial charge in [-0.2, -0.15) is 5.10 Å². The van der Waals surface area contributed by atoms with Crippen LogP contribution in [0.5, 0.6) is 0 Å². The van der Waals surface area contributed by atoms with Gasteiger partial charge in [0.1, 0.15) is 5.69 Å². The SMILES string of the molecule is CC1(C)CN(CC(O)CO)c2cc3c4c([nH]c3cc21)-c1n[nH]cc1CCC4. The Balaban J connectivity index is 1.69. The first-order chi connectivity index (χ1) is 13.0. The molecule has 1 aliphatic carbocycles. The topological polar surface area (TPSA) is 88.2 Å². The molecule has 0 radical (unpaired) electrons. The van der Waals surface area contributed by atoms with E-state index in [-0.39, 0.29) is 12.0 Å². The van der Waals surface area contributed by atoms with E-state index in [1.807, 2.05) is 6.20 Å². The van der Waals surface area contributed by atoms with E-state index in [0.717, 1.165) is 42.7 Å². The summed E-state index contributed by atoms with van der Waals surface area (Å²) in [6.07, 6.45) is 4.48. The molecule has 5 rings (SSSR count). The Hall–Kier alpha value is -2.31. The highest BCUT2D eigenvalue weighted by Crippen LogP contribution is 2.45. The Labute approximate surface area is 158 Å². The molecule has 1 unspecified atom stereocenters. The van der Waals surface area contributed by atoms with E-state index >= 15 is 0 Å². The number of aryl methyl sites for hydroxylation is 2. The summed E-state index contributed by atoms with van der Waals surface area (Å²) < 4.78 is 0. The Morgan fingerprint density at radius 2 is 2.15 bits per heavy atom. The van der Waals surface area contributed by atoms with Gasteiger partial charge in [0.05, 0.1) is 18.4 Å². The van der Waals surface area contributed by atoms with Crippen LogP contribution in [0.25, 0.3) is 22.3 Å². The van der Waals surface area contributed by atoms with Crippen molar-refractivity contribution in [1.29, 1.82) is 0 Å². The fourth-order valence-electron chi connectivity index (χ4n) is 4.85. The fraction of sp³-hybridized carbons (Fsp3) is 0.476. The number of aromatic amines is 2. The number of fused-ring (bicyclic) bond motifs is 6. The average Bonchev–Trinajstić information content (AvgIpc) is 3.27. The molecule has 6 heteroatoms. The summed E-state index contributed by atoms with van der Waals surface area (Å²) in [4.78, 5) is 5.86. The lowest BCUT2D eigenvalue weighted by Gasteiger charge is -2.24. The quantitative estimate of drug-likeness (QED) is 0.573. The zero-order chi connectivity index (χ0) is 18.8. The van der Waals surface area contributed by atoms with Gasteiger partial charge in [-0.15, -0.1) is 0 Å². The molecule has 0 amide bonds. The minimum atomic E-state index is -0.725. The summed E-state index contributed by atoms with van der Waals surface area (Å²) in [6, 6.07) is 4.55. The van der Waals surface area contributed by atoms with Crippen LogP contribution in [0, 0.1) is 0 Å². The van der Waals surface area contributed by atoms with Gasteiger partial charge in [-0.05, 0) is 48.1 Å². The van der Waals surface area contributed by atoms with Crippen LogP contribution in [0.15, 0.2) is 18.3 Å². The molecule has 0 fully saturated rings. The Bertz CT molecular complexity index is 1020. The molecule has 1 aromatic carbocycles. The van der Waals surface area contributed by atoms with Crippen molar-refractivity contribution in [2.24, 2.45) is 0 Å². The standard InChI is InChI=1S/C21H26N4O2/c1-21(2)11-25(9-13(27)10-26)18-6-15-14-5-3-4-12-8-22-24-19(12)20(14)23-17(15)7-16(18)21/h6-8,13,23,26-27H,3-5,9-11H2,1-2H3,(H,22,24). The van der Waals surface area contributed by atoms with Crippen LogP contribution in [-0.2, 0) is 18.3 Å². The third-order valence-electron chi connectivity index (χ3n) is 6.15. The zero-order valence-electron chi connectivity index (χ0n) is 15.8. The third-order valence-corrected chi connectivity index (χ3v) is 6.15. The van der Waals surface area contributed by atoms with Crippen molar-refractivity contribution in [3.05, 3.63) is 35.0 Å². The largest absolute Gasteiger partial charge is 0.394 e. The first-order valence-corrected chi connectivity index (χ1v) is 9.74. The minimum absolute atomic E-state index is 0.00129. The molecule has 1 atom stereocenters. The number of benzene rings is 1. The highest BCUT2D eigenvalue weighted by Gasteiger charge is 2.36. The zero-order valence-corrected chi connectivity index (χ0v) is 15.8. The number of aromatic nitrogens is 3. The van der Waals surface area contributed by atoms with Crippen molar-refractivity contribution < 1.29 is 10.2 Å². The highest BCUT2D eigenvalue weighted by molar-refractivity contribution is 5.95. The predicted octanol–water partition coefficient (Wildman–Crippen LogP) is 2.50. The van der Waals surface area contributed by atoms with Crippen LogP contribution >= 0.6 is 0 Å². The molecule has 2 aliphatic rings. The molecule has 0 spiro atoms. The van der Waals surface area contributed by atoms with E-state index in [2.05, 4.69) is 46.1 Å². The molecule has 0 saturated heterocycles. The lowest BCUT2D eigenvalue weighted by atomic mass is 9.86. The molecule has 6 nitrogen and oxygen atoms in total. The number of aliphatic hydroxyl groups is 2. The molecule has 2 aromatic heterocycles. The van der Waals surface area contributed by atoms with Crippen molar-refractivity contribution in [2.75, 3.05) is 24.6 Å². The first kappa shape index (κ1) is 16.8. The summed E-state index contributed by atoms with van der Waals surface area (Å²) in [5.74, 6) is 0.